The minimum atomic E-state index is -0.145. The molecular formula is C16H25FN2. The van der Waals surface area contributed by atoms with Crippen LogP contribution in [0.4, 0.5) is 4.39 Å². The standard InChI is InChI=1S/C16H25FN2/c1-5-16(4)11-19(13(3)9-18-16)10-14-6-7-15(17)8-12(14)2/h6-8,13,18H,5,9-11H2,1-4H3. The molecule has 0 spiro atoms. The number of rotatable bonds is 3. The molecule has 0 saturated carbocycles. The first kappa shape index (κ1) is 14.5. The highest BCUT2D eigenvalue weighted by molar-refractivity contribution is 5.26. The predicted molar refractivity (Wildman–Crippen MR) is 77.7 cm³/mol. The van der Waals surface area contributed by atoms with Crippen molar-refractivity contribution in [2.45, 2.75) is 52.2 Å². The van der Waals surface area contributed by atoms with Crippen molar-refractivity contribution in [1.82, 2.24) is 10.2 Å². The Labute approximate surface area is 116 Å². The van der Waals surface area contributed by atoms with E-state index in [2.05, 4.69) is 31.0 Å². The van der Waals surface area contributed by atoms with Crippen molar-refractivity contribution < 1.29 is 4.39 Å². The van der Waals surface area contributed by atoms with Gasteiger partial charge in [0.15, 0.2) is 0 Å². The Balaban J connectivity index is 2.12. The number of hydrogen-bond donors (Lipinski definition) is 1. The van der Waals surface area contributed by atoms with Gasteiger partial charge >= 0.3 is 0 Å². The molecule has 3 heteroatoms. The van der Waals surface area contributed by atoms with Crippen molar-refractivity contribution in [3.05, 3.63) is 35.1 Å². The Morgan fingerprint density at radius 3 is 2.84 bits per heavy atom. The van der Waals surface area contributed by atoms with E-state index in [1.54, 1.807) is 12.1 Å². The summed E-state index contributed by atoms with van der Waals surface area (Å²) < 4.78 is 13.2. The Kier molecular flexibility index (Phi) is 4.26. The van der Waals surface area contributed by atoms with Crippen molar-refractivity contribution in [2.24, 2.45) is 0 Å². The minimum Gasteiger partial charge on any atom is -0.309 e. The van der Waals surface area contributed by atoms with E-state index in [1.807, 2.05) is 13.0 Å². The number of aryl methyl sites for hydroxylation is 1. The van der Waals surface area contributed by atoms with Gasteiger partial charge in [-0.2, -0.15) is 0 Å². The van der Waals surface area contributed by atoms with E-state index in [1.165, 1.54) is 5.56 Å². The van der Waals surface area contributed by atoms with Gasteiger partial charge in [0.05, 0.1) is 0 Å². The molecule has 2 nitrogen and oxygen atoms in total. The lowest BCUT2D eigenvalue weighted by Crippen LogP contribution is -2.61. The predicted octanol–water partition coefficient (Wildman–Crippen LogP) is 3.10. The second kappa shape index (κ2) is 5.59. The quantitative estimate of drug-likeness (QED) is 0.902. The van der Waals surface area contributed by atoms with Crippen LogP contribution in [0.2, 0.25) is 0 Å². The van der Waals surface area contributed by atoms with Crippen molar-refractivity contribution >= 4 is 0 Å². The molecule has 1 aromatic carbocycles. The van der Waals surface area contributed by atoms with Gasteiger partial charge in [-0.25, -0.2) is 4.39 Å². The molecule has 0 amide bonds. The van der Waals surface area contributed by atoms with Gasteiger partial charge in [-0.3, -0.25) is 4.90 Å². The van der Waals surface area contributed by atoms with Gasteiger partial charge in [0.1, 0.15) is 5.82 Å². The molecular weight excluding hydrogens is 239 g/mol. The second-order valence-electron chi connectivity index (χ2n) is 6.12. The van der Waals surface area contributed by atoms with Gasteiger partial charge in [0, 0.05) is 31.2 Å². The van der Waals surface area contributed by atoms with Crippen LogP contribution in [0.25, 0.3) is 0 Å². The molecule has 1 saturated heterocycles. The first-order valence-electron chi connectivity index (χ1n) is 7.17. The number of piperazine rings is 1. The van der Waals surface area contributed by atoms with Crippen molar-refractivity contribution in [3.8, 4) is 0 Å². The summed E-state index contributed by atoms with van der Waals surface area (Å²) >= 11 is 0. The number of nitrogens with one attached hydrogen (secondary N) is 1. The molecule has 1 aliphatic heterocycles. The summed E-state index contributed by atoms with van der Waals surface area (Å²) in [7, 11) is 0. The van der Waals surface area contributed by atoms with E-state index < -0.39 is 0 Å². The maximum atomic E-state index is 13.2. The molecule has 2 unspecified atom stereocenters. The highest BCUT2D eigenvalue weighted by atomic mass is 19.1. The molecule has 0 aliphatic carbocycles. The molecule has 19 heavy (non-hydrogen) atoms. The van der Waals surface area contributed by atoms with Crippen LogP contribution in [0.5, 0.6) is 0 Å². The normalized spacial score (nSPS) is 28.6. The van der Waals surface area contributed by atoms with Crippen LogP contribution in [0.3, 0.4) is 0 Å². The lowest BCUT2D eigenvalue weighted by atomic mass is 9.93. The van der Waals surface area contributed by atoms with Gasteiger partial charge in [-0.05, 0) is 50.5 Å². The minimum absolute atomic E-state index is 0.145. The lowest BCUT2D eigenvalue weighted by Gasteiger charge is -2.45. The lowest BCUT2D eigenvalue weighted by molar-refractivity contribution is 0.0864. The third kappa shape index (κ3) is 3.34. The Morgan fingerprint density at radius 1 is 1.47 bits per heavy atom. The molecule has 1 N–H and O–H groups in total. The maximum absolute atomic E-state index is 13.2. The van der Waals surface area contributed by atoms with E-state index in [0.29, 0.717) is 6.04 Å². The second-order valence-corrected chi connectivity index (χ2v) is 6.12. The van der Waals surface area contributed by atoms with Gasteiger partial charge in [0.25, 0.3) is 0 Å². The van der Waals surface area contributed by atoms with Crippen LogP contribution >= 0.6 is 0 Å². The van der Waals surface area contributed by atoms with E-state index in [0.717, 1.165) is 31.6 Å². The highest BCUT2D eigenvalue weighted by Crippen LogP contribution is 2.22. The molecule has 0 aromatic heterocycles. The van der Waals surface area contributed by atoms with Crippen molar-refractivity contribution in [3.63, 3.8) is 0 Å². The third-order valence-corrected chi connectivity index (χ3v) is 4.46. The summed E-state index contributed by atoms with van der Waals surface area (Å²) in [6.45, 7) is 11.7. The van der Waals surface area contributed by atoms with Crippen molar-refractivity contribution in [1.29, 1.82) is 0 Å². The van der Waals surface area contributed by atoms with E-state index in [-0.39, 0.29) is 11.4 Å². The van der Waals surface area contributed by atoms with E-state index in [4.69, 9.17) is 0 Å². The molecule has 1 heterocycles. The fourth-order valence-corrected chi connectivity index (χ4v) is 2.69. The number of halogens is 1. The smallest absolute Gasteiger partial charge is 0.123 e. The monoisotopic (exact) mass is 264 g/mol. The van der Waals surface area contributed by atoms with Crippen LogP contribution < -0.4 is 5.32 Å². The first-order chi connectivity index (χ1) is 8.93. The van der Waals surface area contributed by atoms with Gasteiger partial charge in [0.2, 0.25) is 0 Å². The Morgan fingerprint density at radius 2 is 2.21 bits per heavy atom. The molecule has 106 valence electrons. The SMILES string of the molecule is CCC1(C)CN(Cc2ccc(F)cc2C)C(C)CN1. The molecule has 1 fully saturated rings. The number of nitrogens with zero attached hydrogens (tertiary/aromatic N) is 1. The fraction of sp³-hybridized carbons (Fsp3) is 0.625. The summed E-state index contributed by atoms with van der Waals surface area (Å²) in [4.78, 5) is 2.50. The largest absolute Gasteiger partial charge is 0.309 e. The summed E-state index contributed by atoms with van der Waals surface area (Å²) in [6.07, 6.45) is 1.12. The zero-order valence-electron chi connectivity index (χ0n) is 12.5. The van der Waals surface area contributed by atoms with E-state index in [9.17, 15) is 4.39 Å². The van der Waals surface area contributed by atoms with Gasteiger partial charge in [-0.15, -0.1) is 0 Å². The van der Waals surface area contributed by atoms with Gasteiger partial charge < -0.3 is 5.32 Å². The summed E-state index contributed by atoms with van der Waals surface area (Å²) in [5.41, 5.74) is 2.47. The molecule has 2 atom stereocenters. The third-order valence-electron chi connectivity index (χ3n) is 4.46. The zero-order valence-corrected chi connectivity index (χ0v) is 12.5. The summed E-state index contributed by atoms with van der Waals surface area (Å²) in [5, 5.41) is 3.63. The molecule has 1 aliphatic rings. The van der Waals surface area contributed by atoms with Crippen LogP contribution in [0.15, 0.2) is 18.2 Å². The molecule has 1 aromatic rings. The molecule has 0 radical (unpaired) electrons. The van der Waals surface area contributed by atoms with Crippen LogP contribution in [0.1, 0.15) is 38.3 Å². The highest BCUT2D eigenvalue weighted by Gasteiger charge is 2.32. The zero-order chi connectivity index (χ0) is 14.0. The van der Waals surface area contributed by atoms with Crippen LogP contribution in [0, 0.1) is 12.7 Å². The number of hydrogen-bond acceptors (Lipinski definition) is 2. The molecule has 2 rings (SSSR count). The topological polar surface area (TPSA) is 15.3 Å². The Bertz CT molecular complexity index is 446. The Hall–Kier alpha value is -0.930. The van der Waals surface area contributed by atoms with Crippen LogP contribution in [-0.2, 0) is 6.54 Å². The first-order valence-corrected chi connectivity index (χ1v) is 7.17. The average molecular weight is 264 g/mol. The molecule has 0 bridgehead atoms. The maximum Gasteiger partial charge on any atom is 0.123 e. The number of benzene rings is 1. The van der Waals surface area contributed by atoms with Crippen molar-refractivity contribution in [2.75, 3.05) is 13.1 Å². The summed E-state index contributed by atoms with van der Waals surface area (Å²) in [5.74, 6) is -0.145. The fourth-order valence-electron chi connectivity index (χ4n) is 2.69. The van der Waals surface area contributed by atoms with E-state index >= 15 is 0 Å². The van der Waals surface area contributed by atoms with Gasteiger partial charge in [-0.1, -0.05) is 13.0 Å². The van der Waals surface area contributed by atoms with Crippen LogP contribution in [-0.4, -0.2) is 29.6 Å². The average Bonchev–Trinajstić information content (AvgIpc) is 2.37. The summed E-state index contributed by atoms with van der Waals surface area (Å²) in [6, 6.07) is 5.63.